The van der Waals surface area contributed by atoms with Crippen LogP contribution in [-0.2, 0) is 0 Å². The molecule has 3 aromatic rings. The van der Waals surface area contributed by atoms with E-state index < -0.39 is 0 Å². The number of ether oxygens (including phenoxy) is 1. The van der Waals surface area contributed by atoms with Gasteiger partial charge in [0.15, 0.2) is 11.4 Å². The average molecular weight is 253 g/mol. The Kier molecular flexibility index (Phi) is 2.43. The van der Waals surface area contributed by atoms with Crippen molar-refractivity contribution in [3.05, 3.63) is 35.9 Å². The number of fused-ring (bicyclic) bond motifs is 1. The normalized spacial score (nSPS) is 10.3. The van der Waals surface area contributed by atoms with Crippen molar-refractivity contribution in [2.45, 2.75) is 0 Å². The van der Waals surface area contributed by atoms with Crippen LogP contribution in [0, 0.1) is 11.3 Å². The average Bonchev–Trinajstić information content (AvgIpc) is 2.88. The molecule has 0 fully saturated rings. The first-order chi connectivity index (χ1) is 9.26. The van der Waals surface area contributed by atoms with Crippen LogP contribution < -0.4 is 10.5 Å². The fraction of sp³-hybridized carbons (Fsp3) is 0. The molecule has 2 aromatic heterocycles. The maximum atomic E-state index is 8.75. The van der Waals surface area contributed by atoms with E-state index in [0.717, 1.165) is 0 Å². The molecule has 8 heteroatoms. The molecule has 0 aliphatic heterocycles. The van der Waals surface area contributed by atoms with E-state index in [4.69, 9.17) is 15.7 Å². The van der Waals surface area contributed by atoms with Gasteiger partial charge in [-0.3, -0.25) is 0 Å². The summed E-state index contributed by atoms with van der Waals surface area (Å²) < 4.78 is 6.77. The molecular formula is C11H7N7O. The number of benzene rings is 1. The van der Waals surface area contributed by atoms with Crippen molar-refractivity contribution >= 4 is 11.3 Å². The van der Waals surface area contributed by atoms with Crippen LogP contribution in [0.1, 0.15) is 5.56 Å². The zero-order valence-corrected chi connectivity index (χ0v) is 9.56. The molecule has 0 amide bonds. The van der Waals surface area contributed by atoms with Gasteiger partial charge in [-0.05, 0) is 34.7 Å². The molecular weight excluding hydrogens is 246 g/mol. The summed E-state index contributed by atoms with van der Waals surface area (Å²) in [6, 6.07) is 10.1. The minimum atomic E-state index is 0.302. The number of nitrogen functional groups attached to an aromatic ring is 1. The van der Waals surface area contributed by atoms with E-state index in [-0.39, 0.29) is 0 Å². The van der Waals surface area contributed by atoms with Gasteiger partial charge in [0.05, 0.1) is 17.3 Å². The lowest BCUT2D eigenvalue weighted by Gasteiger charge is -2.07. The molecule has 0 spiro atoms. The van der Waals surface area contributed by atoms with Gasteiger partial charge < -0.3 is 10.5 Å². The second kappa shape index (κ2) is 4.23. The minimum absolute atomic E-state index is 0.302. The van der Waals surface area contributed by atoms with Crippen molar-refractivity contribution in [1.29, 1.82) is 5.26 Å². The van der Waals surface area contributed by atoms with Crippen molar-refractivity contribution in [3.8, 4) is 17.7 Å². The molecule has 0 aliphatic rings. The van der Waals surface area contributed by atoms with Gasteiger partial charge in [0.1, 0.15) is 0 Å². The number of hydrogen-bond acceptors (Lipinski definition) is 7. The monoisotopic (exact) mass is 253 g/mol. The maximum Gasteiger partial charge on any atom is 0.239 e. The van der Waals surface area contributed by atoms with Gasteiger partial charge in [-0.2, -0.15) is 5.26 Å². The molecule has 0 saturated heterocycles. The van der Waals surface area contributed by atoms with Crippen LogP contribution in [0.5, 0.6) is 11.6 Å². The van der Waals surface area contributed by atoms with E-state index >= 15 is 0 Å². The third-order valence-electron chi connectivity index (χ3n) is 2.40. The van der Waals surface area contributed by atoms with Gasteiger partial charge >= 0.3 is 0 Å². The quantitative estimate of drug-likeness (QED) is 0.670. The number of nitrogens with two attached hydrogens (primary N) is 1. The largest absolute Gasteiger partial charge is 0.435 e. The smallest absolute Gasteiger partial charge is 0.239 e. The number of rotatable bonds is 2. The van der Waals surface area contributed by atoms with E-state index in [2.05, 4.69) is 20.6 Å². The zero-order chi connectivity index (χ0) is 13.2. The summed E-state index contributed by atoms with van der Waals surface area (Å²) in [6.07, 6.45) is 0. The summed E-state index contributed by atoms with van der Waals surface area (Å²) in [5.74, 6) is 0.718. The van der Waals surface area contributed by atoms with E-state index in [0.29, 0.717) is 28.5 Å². The van der Waals surface area contributed by atoms with Gasteiger partial charge in [-0.25, -0.2) is 0 Å². The summed E-state index contributed by atoms with van der Waals surface area (Å²) in [4.78, 5) is 0. The van der Waals surface area contributed by atoms with Gasteiger partial charge in [0.2, 0.25) is 5.88 Å². The Morgan fingerprint density at radius 2 is 2.16 bits per heavy atom. The van der Waals surface area contributed by atoms with Crippen molar-refractivity contribution in [2.24, 2.45) is 0 Å². The maximum absolute atomic E-state index is 8.75. The molecule has 19 heavy (non-hydrogen) atoms. The number of aromatic nitrogens is 5. The predicted octanol–water partition coefficient (Wildman–Crippen LogP) is 0.765. The van der Waals surface area contributed by atoms with Crippen molar-refractivity contribution in [2.75, 3.05) is 5.73 Å². The third-order valence-corrected chi connectivity index (χ3v) is 2.40. The first-order valence-corrected chi connectivity index (χ1v) is 5.29. The lowest BCUT2D eigenvalue weighted by Crippen LogP contribution is -1.99. The molecule has 3 rings (SSSR count). The van der Waals surface area contributed by atoms with E-state index in [9.17, 15) is 0 Å². The highest BCUT2D eigenvalue weighted by Gasteiger charge is 2.06. The summed E-state index contributed by atoms with van der Waals surface area (Å²) >= 11 is 0. The Morgan fingerprint density at radius 1 is 1.26 bits per heavy atom. The topological polar surface area (TPSA) is 115 Å². The first-order valence-electron chi connectivity index (χ1n) is 5.29. The SMILES string of the molecule is N#Cc1ccc(Oc2ccc3nnnn3n2)c(N)c1. The van der Waals surface area contributed by atoms with Crippen LogP contribution in [-0.4, -0.2) is 25.3 Å². The van der Waals surface area contributed by atoms with Crippen LogP contribution >= 0.6 is 0 Å². The van der Waals surface area contributed by atoms with Gasteiger partial charge in [-0.15, -0.1) is 14.8 Å². The van der Waals surface area contributed by atoms with Crippen LogP contribution in [0.4, 0.5) is 5.69 Å². The highest BCUT2D eigenvalue weighted by Crippen LogP contribution is 2.26. The molecule has 8 nitrogen and oxygen atoms in total. The zero-order valence-electron chi connectivity index (χ0n) is 9.56. The lowest BCUT2D eigenvalue weighted by atomic mass is 10.2. The lowest BCUT2D eigenvalue weighted by molar-refractivity contribution is 0.449. The molecule has 0 atom stereocenters. The Bertz CT molecular complexity index is 789. The van der Waals surface area contributed by atoms with Crippen LogP contribution in [0.25, 0.3) is 5.65 Å². The Labute approximate surface area is 107 Å². The van der Waals surface area contributed by atoms with E-state index in [1.54, 1.807) is 24.3 Å². The number of nitrogens with zero attached hydrogens (tertiary/aromatic N) is 6. The van der Waals surface area contributed by atoms with Crippen LogP contribution in [0.15, 0.2) is 30.3 Å². The molecule has 0 saturated carbocycles. The number of anilines is 1. The van der Waals surface area contributed by atoms with E-state index in [1.807, 2.05) is 6.07 Å². The summed E-state index contributed by atoms with van der Waals surface area (Å²) in [7, 11) is 0. The Balaban J connectivity index is 1.94. The second-order valence-electron chi connectivity index (χ2n) is 3.66. The van der Waals surface area contributed by atoms with Crippen LogP contribution in [0.2, 0.25) is 0 Å². The summed E-state index contributed by atoms with van der Waals surface area (Å²) in [6.45, 7) is 0. The Hall–Kier alpha value is -3.21. The molecule has 2 N–H and O–H groups in total. The third kappa shape index (κ3) is 2.00. The fourth-order valence-electron chi connectivity index (χ4n) is 1.51. The molecule has 0 bridgehead atoms. The first kappa shape index (κ1) is 10.9. The number of nitriles is 1. The van der Waals surface area contributed by atoms with Crippen LogP contribution in [0.3, 0.4) is 0 Å². The molecule has 0 aliphatic carbocycles. The summed E-state index contributed by atoms with van der Waals surface area (Å²) in [5.41, 5.74) is 7.13. The molecule has 0 unspecified atom stereocenters. The number of tetrazole rings is 1. The van der Waals surface area contributed by atoms with E-state index in [1.165, 1.54) is 10.7 Å². The second-order valence-corrected chi connectivity index (χ2v) is 3.66. The van der Waals surface area contributed by atoms with Gasteiger partial charge in [0, 0.05) is 6.07 Å². The summed E-state index contributed by atoms with van der Waals surface area (Å²) in [5, 5.41) is 23.7. The van der Waals surface area contributed by atoms with Crippen molar-refractivity contribution in [3.63, 3.8) is 0 Å². The highest BCUT2D eigenvalue weighted by atomic mass is 16.5. The fourth-order valence-corrected chi connectivity index (χ4v) is 1.51. The van der Waals surface area contributed by atoms with Gasteiger partial charge in [-0.1, -0.05) is 0 Å². The van der Waals surface area contributed by atoms with Crippen molar-refractivity contribution < 1.29 is 4.74 Å². The van der Waals surface area contributed by atoms with Gasteiger partial charge in [0.25, 0.3) is 0 Å². The predicted molar refractivity (Wildman–Crippen MR) is 64.2 cm³/mol. The molecule has 92 valence electrons. The molecule has 2 heterocycles. The minimum Gasteiger partial charge on any atom is -0.435 e. The standard InChI is InChI=1S/C11H7N7O/c12-6-7-1-2-9(8(13)5-7)19-11-4-3-10-14-16-17-18(10)15-11/h1-5H,13H2. The molecule has 1 aromatic carbocycles. The number of hydrogen-bond donors (Lipinski definition) is 1. The van der Waals surface area contributed by atoms with Crippen molar-refractivity contribution in [1.82, 2.24) is 25.3 Å². The Morgan fingerprint density at radius 3 is 2.95 bits per heavy atom. The highest BCUT2D eigenvalue weighted by molar-refractivity contribution is 5.57. The molecule has 0 radical (unpaired) electrons.